The van der Waals surface area contributed by atoms with E-state index in [0.29, 0.717) is 19.5 Å². The number of imide groups is 1. The first-order chi connectivity index (χ1) is 10.7. The lowest BCUT2D eigenvalue weighted by Crippen LogP contribution is -2.43. The number of carbonyl (C=O) groups is 2. The largest absolute Gasteiger partial charge is 0.379 e. The molecule has 0 radical (unpaired) electrons. The minimum Gasteiger partial charge on any atom is -0.379 e. The van der Waals surface area contributed by atoms with E-state index in [4.69, 9.17) is 4.74 Å². The molecule has 3 amide bonds. The molecule has 2 fully saturated rings. The van der Waals surface area contributed by atoms with Gasteiger partial charge in [-0.2, -0.15) is 0 Å². The molecule has 118 valence electrons. The van der Waals surface area contributed by atoms with Gasteiger partial charge in [-0.25, -0.2) is 4.79 Å². The average Bonchev–Trinajstić information content (AvgIpc) is 2.81. The highest BCUT2D eigenvalue weighted by Gasteiger charge is 2.37. The van der Waals surface area contributed by atoms with Crippen molar-refractivity contribution in [3.8, 4) is 0 Å². The molecule has 3 rings (SSSR count). The second-order valence-corrected chi connectivity index (χ2v) is 5.64. The smallest absolute Gasteiger partial charge is 0.324 e. The Kier molecular flexibility index (Phi) is 4.70. The van der Waals surface area contributed by atoms with Gasteiger partial charge in [-0.3, -0.25) is 14.6 Å². The number of nitrogens with zero attached hydrogens (tertiary/aromatic N) is 2. The molecule has 22 heavy (non-hydrogen) atoms. The van der Waals surface area contributed by atoms with E-state index in [-0.39, 0.29) is 11.9 Å². The van der Waals surface area contributed by atoms with Crippen LogP contribution >= 0.6 is 0 Å². The van der Waals surface area contributed by atoms with Crippen molar-refractivity contribution >= 4 is 11.9 Å². The molecular weight excluding hydrogens is 282 g/mol. The van der Waals surface area contributed by atoms with Crippen LogP contribution in [0.4, 0.5) is 4.79 Å². The van der Waals surface area contributed by atoms with E-state index in [1.54, 1.807) is 0 Å². The lowest BCUT2D eigenvalue weighted by molar-refractivity contribution is -0.127. The lowest BCUT2D eigenvalue weighted by Gasteiger charge is -2.27. The molecule has 1 atom stereocenters. The molecule has 1 N–H and O–H groups in total. The van der Waals surface area contributed by atoms with E-state index in [9.17, 15) is 9.59 Å². The van der Waals surface area contributed by atoms with Gasteiger partial charge in [-0.15, -0.1) is 0 Å². The van der Waals surface area contributed by atoms with Crippen molar-refractivity contribution in [2.24, 2.45) is 0 Å². The normalized spacial score (nSPS) is 22.9. The first-order valence-electron chi connectivity index (χ1n) is 7.70. The van der Waals surface area contributed by atoms with Crippen LogP contribution in [-0.2, 0) is 16.0 Å². The first kappa shape index (κ1) is 15.0. The summed E-state index contributed by atoms with van der Waals surface area (Å²) < 4.78 is 5.30. The van der Waals surface area contributed by atoms with Crippen LogP contribution in [0.2, 0.25) is 0 Å². The number of urea groups is 1. The third-order valence-corrected chi connectivity index (χ3v) is 4.13. The number of carbonyl (C=O) groups excluding carboxylic acids is 2. The highest BCUT2D eigenvalue weighted by atomic mass is 16.5. The molecule has 2 aliphatic heterocycles. The minimum atomic E-state index is -0.445. The topological polar surface area (TPSA) is 61.9 Å². The first-order valence-corrected chi connectivity index (χ1v) is 7.70. The highest BCUT2D eigenvalue weighted by Crippen LogP contribution is 2.12. The summed E-state index contributed by atoms with van der Waals surface area (Å²) in [7, 11) is 0. The molecule has 0 spiro atoms. The summed E-state index contributed by atoms with van der Waals surface area (Å²) in [5, 5.41) is 2.78. The Morgan fingerprint density at radius 3 is 2.55 bits per heavy atom. The second-order valence-electron chi connectivity index (χ2n) is 5.64. The molecule has 0 aliphatic carbocycles. The summed E-state index contributed by atoms with van der Waals surface area (Å²) in [6.07, 6.45) is 0.541. The van der Waals surface area contributed by atoms with E-state index in [0.717, 1.165) is 31.9 Å². The quantitative estimate of drug-likeness (QED) is 0.804. The molecule has 1 aromatic rings. The van der Waals surface area contributed by atoms with E-state index in [1.165, 1.54) is 4.90 Å². The van der Waals surface area contributed by atoms with Crippen LogP contribution in [0.15, 0.2) is 30.3 Å². The fourth-order valence-electron chi connectivity index (χ4n) is 2.84. The van der Waals surface area contributed by atoms with Gasteiger partial charge in [-0.05, 0) is 5.56 Å². The van der Waals surface area contributed by atoms with Gasteiger partial charge in [0.25, 0.3) is 5.91 Å². The zero-order chi connectivity index (χ0) is 15.4. The molecule has 0 unspecified atom stereocenters. The number of ether oxygens (including phenoxy) is 1. The molecular formula is C16H21N3O3. The van der Waals surface area contributed by atoms with Crippen LogP contribution in [0.25, 0.3) is 0 Å². The molecule has 2 saturated heterocycles. The minimum absolute atomic E-state index is 0.123. The molecule has 1 aromatic carbocycles. The van der Waals surface area contributed by atoms with Crippen molar-refractivity contribution in [2.45, 2.75) is 12.5 Å². The van der Waals surface area contributed by atoms with Gasteiger partial charge in [0, 0.05) is 32.6 Å². The van der Waals surface area contributed by atoms with Crippen LogP contribution in [0.5, 0.6) is 0 Å². The Morgan fingerprint density at radius 1 is 1.09 bits per heavy atom. The van der Waals surface area contributed by atoms with Crippen molar-refractivity contribution in [3.63, 3.8) is 0 Å². The van der Waals surface area contributed by atoms with Gasteiger partial charge in [0.2, 0.25) is 0 Å². The van der Waals surface area contributed by atoms with Crippen LogP contribution in [0.3, 0.4) is 0 Å². The van der Waals surface area contributed by atoms with Crippen LogP contribution in [-0.4, -0.2) is 67.2 Å². The molecule has 2 aliphatic rings. The SMILES string of the molecule is O=C1N[C@@H](Cc2ccccc2)C(=O)N1CCN1CCOCC1. The Bertz CT molecular complexity index is 529. The Balaban J connectivity index is 1.54. The summed E-state index contributed by atoms with van der Waals surface area (Å²) in [5.41, 5.74) is 1.05. The van der Waals surface area contributed by atoms with Gasteiger partial charge in [0.15, 0.2) is 0 Å². The van der Waals surface area contributed by atoms with Crippen LogP contribution in [0.1, 0.15) is 5.56 Å². The third-order valence-electron chi connectivity index (χ3n) is 4.13. The van der Waals surface area contributed by atoms with Crippen molar-refractivity contribution in [3.05, 3.63) is 35.9 Å². The fraction of sp³-hybridized carbons (Fsp3) is 0.500. The number of benzene rings is 1. The van der Waals surface area contributed by atoms with E-state index < -0.39 is 6.04 Å². The molecule has 0 bridgehead atoms. The van der Waals surface area contributed by atoms with Gasteiger partial charge >= 0.3 is 6.03 Å². The molecule has 6 heteroatoms. The number of amides is 3. The number of nitrogens with one attached hydrogen (secondary N) is 1. The van der Waals surface area contributed by atoms with Gasteiger partial charge in [0.05, 0.1) is 13.2 Å². The number of hydrogen-bond donors (Lipinski definition) is 1. The van der Waals surface area contributed by atoms with Gasteiger partial charge in [0.1, 0.15) is 6.04 Å². The number of rotatable bonds is 5. The van der Waals surface area contributed by atoms with E-state index in [1.807, 2.05) is 30.3 Å². The summed E-state index contributed by atoms with van der Waals surface area (Å²) in [6, 6.07) is 9.03. The summed E-state index contributed by atoms with van der Waals surface area (Å²) in [5.74, 6) is -0.123. The summed E-state index contributed by atoms with van der Waals surface area (Å²) in [4.78, 5) is 28.0. The van der Waals surface area contributed by atoms with Gasteiger partial charge in [-0.1, -0.05) is 30.3 Å². The van der Waals surface area contributed by atoms with Crippen molar-refractivity contribution in [2.75, 3.05) is 39.4 Å². The van der Waals surface area contributed by atoms with Crippen LogP contribution < -0.4 is 5.32 Å². The Labute approximate surface area is 130 Å². The average molecular weight is 303 g/mol. The van der Waals surface area contributed by atoms with Crippen LogP contribution in [0, 0.1) is 0 Å². The van der Waals surface area contributed by atoms with Crippen molar-refractivity contribution in [1.29, 1.82) is 0 Å². The zero-order valence-corrected chi connectivity index (χ0v) is 12.5. The fourth-order valence-corrected chi connectivity index (χ4v) is 2.84. The monoisotopic (exact) mass is 303 g/mol. The Morgan fingerprint density at radius 2 is 1.82 bits per heavy atom. The summed E-state index contributed by atoms with van der Waals surface area (Å²) in [6.45, 7) is 4.30. The van der Waals surface area contributed by atoms with E-state index in [2.05, 4.69) is 10.2 Å². The maximum Gasteiger partial charge on any atom is 0.324 e. The standard InChI is InChI=1S/C16H21N3O3/c20-15-14(12-13-4-2-1-3-5-13)17-16(21)19(15)7-6-18-8-10-22-11-9-18/h1-5,14H,6-12H2,(H,17,21)/t14-/m0/s1. The summed E-state index contributed by atoms with van der Waals surface area (Å²) >= 11 is 0. The van der Waals surface area contributed by atoms with Crippen molar-refractivity contribution in [1.82, 2.24) is 15.1 Å². The molecule has 0 aromatic heterocycles. The maximum absolute atomic E-state index is 12.4. The maximum atomic E-state index is 12.4. The zero-order valence-electron chi connectivity index (χ0n) is 12.5. The molecule has 6 nitrogen and oxygen atoms in total. The lowest BCUT2D eigenvalue weighted by atomic mass is 10.1. The number of hydrogen-bond acceptors (Lipinski definition) is 4. The second kappa shape index (κ2) is 6.89. The Hall–Kier alpha value is -1.92. The predicted molar refractivity (Wildman–Crippen MR) is 81.4 cm³/mol. The molecule has 2 heterocycles. The third kappa shape index (κ3) is 3.45. The van der Waals surface area contributed by atoms with Crippen molar-refractivity contribution < 1.29 is 14.3 Å². The van der Waals surface area contributed by atoms with Gasteiger partial charge < -0.3 is 10.1 Å². The number of morpholine rings is 1. The highest BCUT2D eigenvalue weighted by molar-refractivity contribution is 6.04. The molecule has 0 saturated carbocycles. The van der Waals surface area contributed by atoms with E-state index >= 15 is 0 Å². The predicted octanol–water partition coefficient (Wildman–Crippen LogP) is 0.482.